The zero-order valence-electron chi connectivity index (χ0n) is 34.5. The molecule has 2 fully saturated rings. The third-order valence-electron chi connectivity index (χ3n) is 11.3. The molecule has 2 N–H and O–H groups in total. The number of rotatable bonds is 9. The molecule has 6 rings (SSSR count). The number of benzene rings is 2. The summed E-state index contributed by atoms with van der Waals surface area (Å²) in [6.45, 7) is 12.7. The topological polar surface area (TPSA) is 187 Å². The number of aliphatic hydroxyl groups is 1. The maximum Gasteiger partial charge on any atom is 0.411 e. The molecule has 0 aromatic heterocycles. The number of nitrogens with zero attached hydrogens (tertiary/aromatic N) is 2. The largest absolute Gasteiger partial charge is 0.488 e. The summed E-state index contributed by atoms with van der Waals surface area (Å²) in [7, 11) is 1.21. The van der Waals surface area contributed by atoms with Crippen molar-refractivity contribution in [3.63, 3.8) is 0 Å². The van der Waals surface area contributed by atoms with E-state index >= 15 is 0 Å². The van der Waals surface area contributed by atoms with Crippen LogP contribution in [0.5, 0.6) is 5.75 Å². The van der Waals surface area contributed by atoms with E-state index in [1.165, 1.54) is 16.9 Å². The molecule has 0 bridgehead atoms. The Hall–Kier alpha value is -5.18. The van der Waals surface area contributed by atoms with E-state index in [2.05, 4.69) is 10.1 Å². The number of aryl methyl sites for hydroxylation is 1. The lowest BCUT2D eigenvalue weighted by Gasteiger charge is -2.33. The highest BCUT2D eigenvalue weighted by molar-refractivity contribution is 5.99. The summed E-state index contributed by atoms with van der Waals surface area (Å²) in [5.41, 5.74) is 3.49. The Kier molecular flexibility index (Phi) is 12.4. The average Bonchev–Trinajstić information content (AvgIpc) is 3.77. The third-order valence-corrected chi connectivity index (χ3v) is 11.3. The number of hydrogen-bond donors (Lipinski definition) is 2. The quantitative estimate of drug-likeness (QED) is 0.190. The monoisotopic (exact) mass is 805 g/mol. The van der Waals surface area contributed by atoms with Gasteiger partial charge in [-0.25, -0.2) is 19.2 Å². The Bertz CT molecular complexity index is 1960. The molecular weight excluding hydrogens is 750 g/mol. The number of likely N-dealkylation sites (tertiary alicyclic amines) is 2. The van der Waals surface area contributed by atoms with Gasteiger partial charge in [-0.1, -0.05) is 32.9 Å². The van der Waals surface area contributed by atoms with Gasteiger partial charge in [-0.2, -0.15) is 0 Å². The van der Waals surface area contributed by atoms with Crippen LogP contribution in [0.2, 0.25) is 0 Å². The molecule has 58 heavy (non-hydrogen) atoms. The fourth-order valence-corrected chi connectivity index (χ4v) is 8.33. The van der Waals surface area contributed by atoms with Crippen LogP contribution in [0.3, 0.4) is 0 Å². The van der Waals surface area contributed by atoms with Crippen LogP contribution >= 0.6 is 0 Å². The van der Waals surface area contributed by atoms with E-state index in [1.807, 2.05) is 26.0 Å². The number of Topliss-reactive ketones (excluding diaryl/α,β-unsaturated/α-hetero) is 1. The first-order valence-electron chi connectivity index (χ1n) is 20.0. The van der Waals surface area contributed by atoms with E-state index in [9.17, 15) is 33.9 Å². The van der Waals surface area contributed by atoms with Crippen molar-refractivity contribution in [3.8, 4) is 16.9 Å². The molecule has 314 valence electrons. The fraction of sp³-hybridized carbons (Fsp3) is 0.581. The number of methoxy groups -OCH3 is 1. The van der Waals surface area contributed by atoms with Gasteiger partial charge in [-0.3, -0.25) is 14.5 Å². The number of hydrogen-bond acceptors (Lipinski definition) is 12. The summed E-state index contributed by atoms with van der Waals surface area (Å²) in [4.78, 5) is 81.2. The van der Waals surface area contributed by atoms with Crippen molar-refractivity contribution in [1.29, 1.82) is 0 Å². The zero-order valence-corrected chi connectivity index (χ0v) is 34.5. The number of fused-ring (bicyclic) bond motifs is 4. The van der Waals surface area contributed by atoms with Crippen molar-refractivity contribution in [3.05, 3.63) is 52.6 Å². The first kappa shape index (κ1) is 42.4. The van der Waals surface area contributed by atoms with Gasteiger partial charge in [0.05, 0.1) is 7.11 Å². The number of carbonyl (C=O) groups excluding carboxylic acids is 6. The minimum Gasteiger partial charge on any atom is -0.488 e. The van der Waals surface area contributed by atoms with Crippen LogP contribution in [0.4, 0.5) is 9.59 Å². The molecule has 15 nitrogen and oxygen atoms in total. The van der Waals surface area contributed by atoms with E-state index in [0.29, 0.717) is 55.5 Å². The van der Waals surface area contributed by atoms with Gasteiger partial charge in [0.15, 0.2) is 12.4 Å². The van der Waals surface area contributed by atoms with Crippen LogP contribution in [0.1, 0.15) is 107 Å². The van der Waals surface area contributed by atoms with Crippen LogP contribution in [-0.4, -0.2) is 107 Å². The molecule has 2 unspecified atom stereocenters. The van der Waals surface area contributed by atoms with E-state index < -0.39 is 78.4 Å². The van der Waals surface area contributed by atoms with Gasteiger partial charge in [0.2, 0.25) is 5.91 Å². The number of alkyl carbamates (subject to hydrolysis) is 1. The van der Waals surface area contributed by atoms with Crippen LogP contribution in [-0.2, 0) is 46.4 Å². The molecule has 3 heterocycles. The number of esters is 2. The van der Waals surface area contributed by atoms with Crippen molar-refractivity contribution < 1.29 is 57.6 Å². The number of carbonyl (C=O) groups is 6. The van der Waals surface area contributed by atoms with Crippen LogP contribution < -0.4 is 10.1 Å². The van der Waals surface area contributed by atoms with Crippen LogP contribution in [0.25, 0.3) is 11.1 Å². The maximum absolute atomic E-state index is 13.5. The van der Waals surface area contributed by atoms with Crippen LogP contribution in [0.15, 0.2) is 30.3 Å². The second-order valence-electron chi connectivity index (χ2n) is 17.2. The number of nitrogens with one attached hydrogen (secondary N) is 1. The molecule has 7 atom stereocenters. The number of ketones is 1. The Morgan fingerprint density at radius 3 is 2.38 bits per heavy atom. The van der Waals surface area contributed by atoms with E-state index in [1.54, 1.807) is 52.8 Å². The summed E-state index contributed by atoms with van der Waals surface area (Å²) in [5.74, 6) is -1.76. The minimum absolute atomic E-state index is 0.0823. The number of amides is 3. The van der Waals surface area contributed by atoms with E-state index in [-0.39, 0.29) is 24.5 Å². The Labute approximate surface area is 338 Å². The van der Waals surface area contributed by atoms with Crippen molar-refractivity contribution >= 4 is 35.8 Å². The molecule has 0 spiro atoms. The van der Waals surface area contributed by atoms with Gasteiger partial charge in [-0.05, 0) is 112 Å². The number of ether oxygens (including phenoxy) is 5. The Balaban J connectivity index is 1.09. The van der Waals surface area contributed by atoms with Gasteiger partial charge in [-0.15, -0.1) is 0 Å². The van der Waals surface area contributed by atoms with Crippen molar-refractivity contribution in [2.45, 2.75) is 129 Å². The molecule has 2 saturated heterocycles. The summed E-state index contributed by atoms with van der Waals surface area (Å²) in [5, 5.41) is 14.0. The molecule has 15 heteroatoms. The predicted octanol–water partition coefficient (Wildman–Crippen LogP) is 5.27. The molecule has 0 saturated carbocycles. The molecule has 2 aromatic carbocycles. The third kappa shape index (κ3) is 8.93. The molecule has 0 radical (unpaired) electrons. The van der Waals surface area contributed by atoms with Gasteiger partial charge < -0.3 is 39.0 Å². The molecule has 1 aliphatic carbocycles. The lowest BCUT2D eigenvalue weighted by Crippen LogP contribution is -2.55. The van der Waals surface area contributed by atoms with Crippen LogP contribution in [0, 0.1) is 11.8 Å². The SMILES string of the molecule is COC(=O)N[C@H](C(=O)N1[C@@H](C)CC[C@H]1C(=O)OCC(=O)c1ccc2c(c1)COc1cc3c(cc1-2)CCC(OC(=O)[C@@H]1C[C@H](C)CN1C(=O)OC(C)(C)C)C3O)C(C)C. The summed E-state index contributed by atoms with van der Waals surface area (Å²) < 4.78 is 27.7. The predicted molar refractivity (Wildman–Crippen MR) is 209 cm³/mol. The normalized spacial score (nSPS) is 24.1. The second kappa shape index (κ2) is 17.0. The number of aliphatic hydroxyl groups excluding tert-OH is 1. The maximum atomic E-state index is 13.5. The average molecular weight is 806 g/mol. The highest BCUT2D eigenvalue weighted by Crippen LogP contribution is 2.44. The minimum atomic E-state index is -1.11. The molecule has 3 aliphatic heterocycles. The highest BCUT2D eigenvalue weighted by atomic mass is 16.6. The molecule has 3 amide bonds. The fourth-order valence-electron chi connectivity index (χ4n) is 8.33. The van der Waals surface area contributed by atoms with Gasteiger partial charge in [0, 0.05) is 23.7 Å². The van der Waals surface area contributed by atoms with Crippen molar-refractivity contribution in [2.24, 2.45) is 11.8 Å². The molecular formula is C43H55N3O12. The second-order valence-corrected chi connectivity index (χ2v) is 17.2. The Morgan fingerprint density at radius 1 is 0.948 bits per heavy atom. The Morgan fingerprint density at radius 2 is 1.69 bits per heavy atom. The summed E-state index contributed by atoms with van der Waals surface area (Å²) in [6, 6.07) is 6.04. The molecule has 2 aromatic rings. The van der Waals surface area contributed by atoms with E-state index in [0.717, 1.165) is 22.3 Å². The summed E-state index contributed by atoms with van der Waals surface area (Å²) >= 11 is 0. The zero-order chi connectivity index (χ0) is 42.2. The first-order chi connectivity index (χ1) is 27.4. The van der Waals surface area contributed by atoms with Crippen molar-refractivity contribution in [2.75, 3.05) is 20.3 Å². The smallest absolute Gasteiger partial charge is 0.411 e. The highest BCUT2D eigenvalue weighted by Gasteiger charge is 2.45. The van der Waals surface area contributed by atoms with E-state index in [4.69, 9.17) is 18.9 Å². The summed E-state index contributed by atoms with van der Waals surface area (Å²) in [6.07, 6.45) is -0.981. The standard InChI is InChI=1S/C43H55N3O12/c1-22(2)36(44-41(52)54-8)38(49)46-24(4)9-13-31(46)39(50)56-21-33(47)26-10-12-28-27(16-26)20-55-35-18-29-25(17-30(28)35)11-14-34(37(29)48)57-40(51)32-15-23(3)19-45(32)42(53)58-43(5,6)7/h10,12,16-18,22-24,31-32,34,36-37,48H,9,11,13-15,19-21H2,1-8H3,(H,44,52)/t23-,24-,31-,32-,34?,36-,37?/m0/s1. The first-order valence-corrected chi connectivity index (χ1v) is 20.0. The lowest BCUT2D eigenvalue weighted by atomic mass is 9.83. The van der Waals surface area contributed by atoms with Gasteiger partial charge in [0.1, 0.15) is 48.3 Å². The van der Waals surface area contributed by atoms with Gasteiger partial charge >= 0.3 is 24.1 Å². The van der Waals surface area contributed by atoms with Crippen molar-refractivity contribution in [1.82, 2.24) is 15.1 Å². The molecule has 4 aliphatic rings. The van der Waals surface area contributed by atoms with Gasteiger partial charge in [0.25, 0.3) is 0 Å². The lowest BCUT2D eigenvalue weighted by molar-refractivity contribution is -0.161.